The number of methoxy groups -OCH3 is 1. The second-order valence-corrected chi connectivity index (χ2v) is 9.48. The fourth-order valence-electron chi connectivity index (χ4n) is 4.18. The fraction of sp³-hybridized carbons (Fsp3) is 0.333. The molecule has 0 fully saturated rings. The first-order chi connectivity index (χ1) is 16.0. The largest absolute Gasteiger partial charge is 0.497 e. The molecule has 7 nitrogen and oxygen atoms in total. The lowest BCUT2D eigenvalue weighted by Crippen LogP contribution is -2.23. The van der Waals surface area contributed by atoms with Crippen LogP contribution in [0, 0.1) is 0 Å². The van der Waals surface area contributed by atoms with Crippen LogP contribution in [0.5, 0.6) is 5.75 Å². The summed E-state index contributed by atoms with van der Waals surface area (Å²) in [6.45, 7) is 0.228. The lowest BCUT2D eigenvalue weighted by Gasteiger charge is -2.11. The first kappa shape index (κ1) is 21.9. The van der Waals surface area contributed by atoms with Gasteiger partial charge in [0.25, 0.3) is 5.56 Å². The topological polar surface area (TPSA) is 83.3 Å². The highest BCUT2D eigenvalue weighted by Gasteiger charge is 2.20. The molecule has 1 aliphatic rings. The Morgan fingerprint density at radius 3 is 2.94 bits per heavy atom. The standard InChI is InChI=1S/C24H22ClN3O4S/c1-31-16-7-6-14-10-15(22(25)27-18(14)11-16)12-32-20(29)8-9-28-13-26-23-21(24(28)30)17-4-2-3-5-19(17)33-23/h6-7,10-11,13H,2-5,8-9,12H2,1H3. The fourth-order valence-corrected chi connectivity index (χ4v) is 5.60. The Balaban J connectivity index is 1.26. The number of esters is 1. The van der Waals surface area contributed by atoms with Crippen LogP contribution >= 0.6 is 22.9 Å². The van der Waals surface area contributed by atoms with Crippen LogP contribution in [0.2, 0.25) is 5.15 Å². The number of hydrogen-bond donors (Lipinski definition) is 0. The summed E-state index contributed by atoms with van der Waals surface area (Å²) in [5.74, 6) is 0.274. The van der Waals surface area contributed by atoms with Crippen LogP contribution in [0.1, 0.15) is 35.3 Å². The molecular weight excluding hydrogens is 462 g/mol. The van der Waals surface area contributed by atoms with Gasteiger partial charge in [0.05, 0.1) is 30.8 Å². The molecule has 5 rings (SSSR count). The Hall–Kier alpha value is -2.97. The zero-order valence-corrected chi connectivity index (χ0v) is 19.7. The van der Waals surface area contributed by atoms with Crippen molar-refractivity contribution < 1.29 is 14.3 Å². The number of carbonyl (C=O) groups excluding carboxylic acids is 1. The molecule has 1 aromatic carbocycles. The molecule has 1 aliphatic carbocycles. The number of ether oxygens (including phenoxy) is 2. The van der Waals surface area contributed by atoms with Gasteiger partial charge >= 0.3 is 5.97 Å². The molecule has 0 atom stereocenters. The van der Waals surface area contributed by atoms with Gasteiger partial charge in [-0.3, -0.25) is 14.2 Å². The number of carbonyl (C=O) groups is 1. The van der Waals surface area contributed by atoms with Gasteiger partial charge in [0.2, 0.25) is 0 Å². The molecule has 0 N–H and O–H groups in total. The van der Waals surface area contributed by atoms with E-state index in [4.69, 9.17) is 21.1 Å². The van der Waals surface area contributed by atoms with E-state index in [0.717, 1.165) is 46.8 Å². The Bertz CT molecular complexity index is 1430. The van der Waals surface area contributed by atoms with Crippen LogP contribution in [0.4, 0.5) is 0 Å². The summed E-state index contributed by atoms with van der Waals surface area (Å²) >= 11 is 7.90. The summed E-state index contributed by atoms with van der Waals surface area (Å²) < 4.78 is 12.1. The molecule has 0 amide bonds. The predicted octanol–water partition coefficient (Wildman–Crippen LogP) is 4.68. The molecule has 0 saturated heterocycles. The van der Waals surface area contributed by atoms with Crippen molar-refractivity contribution >= 4 is 50.0 Å². The molecule has 0 unspecified atom stereocenters. The first-order valence-electron chi connectivity index (χ1n) is 10.8. The van der Waals surface area contributed by atoms with E-state index in [-0.39, 0.29) is 30.3 Å². The number of aromatic nitrogens is 3. The summed E-state index contributed by atoms with van der Waals surface area (Å²) in [7, 11) is 1.59. The summed E-state index contributed by atoms with van der Waals surface area (Å²) in [6, 6.07) is 7.35. The van der Waals surface area contributed by atoms with Crippen molar-refractivity contribution in [1.82, 2.24) is 14.5 Å². The zero-order chi connectivity index (χ0) is 22.9. The normalized spacial score (nSPS) is 13.3. The number of thiophene rings is 1. The van der Waals surface area contributed by atoms with E-state index < -0.39 is 5.97 Å². The van der Waals surface area contributed by atoms with E-state index in [1.54, 1.807) is 24.5 Å². The first-order valence-corrected chi connectivity index (χ1v) is 12.0. The van der Waals surface area contributed by atoms with Gasteiger partial charge in [0.1, 0.15) is 22.3 Å². The number of rotatable bonds is 6. The van der Waals surface area contributed by atoms with Crippen LogP contribution in [-0.4, -0.2) is 27.6 Å². The van der Waals surface area contributed by atoms with E-state index in [0.29, 0.717) is 16.8 Å². The van der Waals surface area contributed by atoms with E-state index in [2.05, 4.69) is 9.97 Å². The number of halogens is 1. The molecule has 0 saturated carbocycles. The van der Waals surface area contributed by atoms with E-state index in [1.807, 2.05) is 18.2 Å². The molecular formula is C24H22ClN3O4S. The summed E-state index contributed by atoms with van der Waals surface area (Å²) in [5.41, 5.74) is 2.39. The van der Waals surface area contributed by atoms with Crippen molar-refractivity contribution in [2.45, 2.75) is 45.3 Å². The molecule has 170 valence electrons. The Labute approximate surface area is 198 Å². The second-order valence-electron chi connectivity index (χ2n) is 8.04. The number of nitrogens with zero attached hydrogens (tertiary/aromatic N) is 3. The summed E-state index contributed by atoms with van der Waals surface area (Å²) in [4.78, 5) is 36.3. The maximum Gasteiger partial charge on any atom is 0.307 e. The van der Waals surface area contributed by atoms with Crippen molar-refractivity contribution in [3.8, 4) is 5.75 Å². The summed E-state index contributed by atoms with van der Waals surface area (Å²) in [6.07, 6.45) is 5.78. The van der Waals surface area contributed by atoms with Gasteiger partial charge in [0, 0.05) is 28.4 Å². The van der Waals surface area contributed by atoms with Gasteiger partial charge in [-0.2, -0.15) is 0 Å². The number of benzene rings is 1. The van der Waals surface area contributed by atoms with Crippen LogP contribution in [0.25, 0.3) is 21.1 Å². The third-order valence-electron chi connectivity index (χ3n) is 5.94. The van der Waals surface area contributed by atoms with Gasteiger partial charge in [-0.05, 0) is 49.4 Å². The molecule has 33 heavy (non-hydrogen) atoms. The minimum atomic E-state index is -0.416. The summed E-state index contributed by atoms with van der Waals surface area (Å²) in [5, 5.41) is 1.86. The quantitative estimate of drug-likeness (QED) is 0.292. The molecule has 0 spiro atoms. The highest BCUT2D eigenvalue weighted by Crippen LogP contribution is 2.33. The Morgan fingerprint density at radius 2 is 2.09 bits per heavy atom. The van der Waals surface area contributed by atoms with Crippen molar-refractivity contribution in [3.05, 3.63) is 62.1 Å². The van der Waals surface area contributed by atoms with Gasteiger partial charge in [-0.25, -0.2) is 9.97 Å². The highest BCUT2D eigenvalue weighted by molar-refractivity contribution is 7.18. The minimum Gasteiger partial charge on any atom is -0.497 e. The average molecular weight is 484 g/mol. The van der Waals surface area contributed by atoms with E-state index in [1.165, 1.54) is 15.8 Å². The van der Waals surface area contributed by atoms with Crippen molar-refractivity contribution in [1.29, 1.82) is 0 Å². The van der Waals surface area contributed by atoms with E-state index >= 15 is 0 Å². The van der Waals surface area contributed by atoms with Gasteiger partial charge in [-0.1, -0.05) is 11.6 Å². The maximum absolute atomic E-state index is 13.0. The van der Waals surface area contributed by atoms with Gasteiger partial charge in [-0.15, -0.1) is 11.3 Å². The number of aryl methyl sites for hydroxylation is 3. The predicted molar refractivity (Wildman–Crippen MR) is 128 cm³/mol. The molecule has 3 aromatic heterocycles. The van der Waals surface area contributed by atoms with Gasteiger partial charge < -0.3 is 9.47 Å². The smallest absolute Gasteiger partial charge is 0.307 e. The molecule has 9 heteroatoms. The molecule has 0 bridgehead atoms. The maximum atomic E-state index is 13.0. The Morgan fingerprint density at radius 1 is 1.24 bits per heavy atom. The molecule has 3 heterocycles. The lowest BCUT2D eigenvalue weighted by molar-refractivity contribution is -0.145. The second kappa shape index (κ2) is 9.11. The number of pyridine rings is 1. The van der Waals surface area contributed by atoms with Crippen molar-refractivity contribution in [2.75, 3.05) is 7.11 Å². The monoisotopic (exact) mass is 483 g/mol. The molecule has 0 radical (unpaired) electrons. The third-order valence-corrected chi connectivity index (χ3v) is 7.47. The molecule has 4 aromatic rings. The molecule has 0 aliphatic heterocycles. The highest BCUT2D eigenvalue weighted by atomic mass is 35.5. The van der Waals surface area contributed by atoms with Crippen LogP contribution in [0.15, 0.2) is 35.4 Å². The van der Waals surface area contributed by atoms with Crippen molar-refractivity contribution in [3.63, 3.8) is 0 Å². The minimum absolute atomic E-state index is 0.0108. The lowest BCUT2D eigenvalue weighted by atomic mass is 9.97. The third kappa shape index (κ3) is 4.32. The van der Waals surface area contributed by atoms with Crippen LogP contribution in [0.3, 0.4) is 0 Å². The van der Waals surface area contributed by atoms with Crippen molar-refractivity contribution in [2.24, 2.45) is 0 Å². The SMILES string of the molecule is COc1ccc2cc(COC(=O)CCn3cnc4sc5c(c4c3=O)CCCC5)c(Cl)nc2c1. The Kier molecular flexibility index (Phi) is 6.03. The van der Waals surface area contributed by atoms with Gasteiger partial charge in [0.15, 0.2) is 0 Å². The number of hydrogen-bond acceptors (Lipinski definition) is 7. The zero-order valence-electron chi connectivity index (χ0n) is 18.1. The van der Waals surface area contributed by atoms with Crippen LogP contribution in [-0.2, 0) is 35.5 Å². The van der Waals surface area contributed by atoms with Crippen LogP contribution < -0.4 is 10.3 Å². The van der Waals surface area contributed by atoms with E-state index in [9.17, 15) is 9.59 Å². The number of fused-ring (bicyclic) bond motifs is 4. The average Bonchev–Trinajstić information content (AvgIpc) is 3.21.